The van der Waals surface area contributed by atoms with Crippen molar-refractivity contribution in [3.63, 3.8) is 0 Å². The summed E-state index contributed by atoms with van der Waals surface area (Å²) in [5.74, 6) is 1.71. The van der Waals surface area contributed by atoms with Crippen LogP contribution in [0.2, 0.25) is 5.15 Å². The van der Waals surface area contributed by atoms with E-state index in [9.17, 15) is 0 Å². The maximum atomic E-state index is 6.11. The summed E-state index contributed by atoms with van der Waals surface area (Å²) in [6.07, 6.45) is 0. The van der Waals surface area contributed by atoms with Crippen molar-refractivity contribution in [1.29, 1.82) is 0 Å². The van der Waals surface area contributed by atoms with Crippen LogP contribution in [0.4, 0.5) is 0 Å². The number of para-hydroxylation sites is 2. The topological polar surface area (TPSA) is 44.2 Å². The molecular formula is C16H13ClN2O2. The molecule has 4 nitrogen and oxygen atoms in total. The lowest BCUT2D eigenvalue weighted by Crippen LogP contribution is -1.94. The van der Waals surface area contributed by atoms with Crippen LogP contribution in [-0.4, -0.2) is 16.6 Å². The van der Waals surface area contributed by atoms with Gasteiger partial charge in [-0.15, -0.1) is 0 Å². The van der Waals surface area contributed by atoms with Crippen molar-refractivity contribution in [2.75, 3.05) is 6.61 Å². The van der Waals surface area contributed by atoms with Crippen molar-refractivity contribution in [1.82, 2.24) is 9.97 Å². The highest BCUT2D eigenvalue weighted by Crippen LogP contribution is 2.28. The molecule has 2 aromatic carbocycles. The van der Waals surface area contributed by atoms with Gasteiger partial charge in [0.1, 0.15) is 11.5 Å². The van der Waals surface area contributed by atoms with E-state index in [2.05, 4.69) is 9.97 Å². The van der Waals surface area contributed by atoms with Crippen LogP contribution in [0, 0.1) is 0 Å². The Morgan fingerprint density at radius 1 is 0.905 bits per heavy atom. The van der Waals surface area contributed by atoms with Crippen LogP contribution in [0.15, 0.2) is 48.5 Å². The molecule has 0 bridgehead atoms. The number of aromatic nitrogens is 2. The predicted octanol–water partition coefficient (Wildman–Crippen LogP) is 4.47. The van der Waals surface area contributed by atoms with E-state index in [1.54, 1.807) is 12.1 Å². The van der Waals surface area contributed by atoms with Gasteiger partial charge in [0.05, 0.1) is 17.6 Å². The molecule has 0 radical (unpaired) electrons. The van der Waals surface area contributed by atoms with Gasteiger partial charge in [-0.1, -0.05) is 23.7 Å². The summed E-state index contributed by atoms with van der Waals surface area (Å²) in [6, 6.07) is 14.8. The third-order valence-electron chi connectivity index (χ3n) is 2.85. The number of hydrogen-bond donors (Lipinski definition) is 0. The van der Waals surface area contributed by atoms with Crippen molar-refractivity contribution in [2.45, 2.75) is 6.92 Å². The minimum atomic E-state index is 0.239. The Bertz CT molecular complexity index is 760. The van der Waals surface area contributed by atoms with Crippen LogP contribution in [0.1, 0.15) is 6.92 Å². The highest BCUT2D eigenvalue weighted by molar-refractivity contribution is 6.31. The molecule has 0 aliphatic rings. The quantitative estimate of drug-likeness (QED) is 0.713. The Hall–Kier alpha value is -2.33. The fourth-order valence-electron chi connectivity index (χ4n) is 1.91. The number of hydrogen-bond acceptors (Lipinski definition) is 4. The molecule has 0 atom stereocenters. The van der Waals surface area contributed by atoms with Crippen LogP contribution in [-0.2, 0) is 0 Å². The van der Waals surface area contributed by atoms with Crippen molar-refractivity contribution in [3.05, 3.63) is 53.7 Å². The van der Waals surface area contributed by atoms with Gasteiger partial charge in [0.25, 0.3) is 5.88 Å². The Kier molecular flexibility index (Phi) is 3.88. The highest BCUT2D eigenvalue weighted by atomic mass is 35.5. The number of benzene rings is 2. The molecule has 0 N–H and O–H groups in total. The number of nitrogens with zero attached hydrogens (tertiary/aromatic N) is 2. The monoisotopic (exact) mass is 300 g/mol. The van der Waals surface area contributed by atoms with Gasteiger partial charge in [0.15, 0.2) is 5.15 Å². The smallest absolute Gasteiger partial charge is 0.258 e. The summed E-state index contributed by atoms with van der Waals surface area (Å²) in [6.45, 7) is 2.57. The molecule has 5 heteroatoms. The third kappa shape index (κ3) is 3.06. The SMILES string of the molecule is CCOc1ccc(Oc2nc3ccccc3nc2Cl)cc1. The van der Waals surface area contributed by atoms with Crippen LogP contribution < -0.4 is 9.47 Å². The van der Waals surface area contributed by atoms with E-state index in [-0.39, 0.29) is 5.15 Å². The molecule has 3 rings (SSSR count). The largest absolute Gasteiger partial charge is 0.494 e. The zero-order chi connectivity index (χ0) is 14.7. The molecule has 0 amide bonds. The van der Waals surface area contributed by atoms with Crippen LogP contribution in [0.25, 0.3) is 11.0 Å². The molecule has 1 aromatic heterocycles. The van der Waals surface area contributed by atoms with E-state index in [1.165, 1.54) is 0 Å². The maximum absolute atomic E-state index is 6.11. The van der Waals surface area contributed by atoms with Gasteiger partial charge in [0.2, 0.25) is 0 Å². The normalized spacial score (nSPS) is 10.6. The summed E-state index contributed by atoms with van der Waals surface area (Å²) < 4.78 is 11.1. The Balaban J connectivity index is 1.88. The van der Waals surface area contributed by atoms with Gasteiger partial charge in [-0.2, -0.15) is 0 Å². The van der Waals surface area contributed by atoms with Gasteiger partial charge in [-0.05, 0) is 43.3 Å². The van der Waals surface area contributed by atoms with Crippen molar-refractivity contribution in [2.24, 2.45) is 0 Å². The zero-order valence-electron chi connectivity index (χ0n) is 11.4. The molecule has 0 fully saturated rings. The molecule has 0 aliphatic carbocycles. The van der Waals surface area contributed by atoms with E-state index >= 15 is 0 Å². The van der Waals surface area contributed by atoms with Crippen molar-refractivity contribution >= 4 is 22.6 Å². The van der Waals surface area contributed by atoms with Gasteiger partial charge in [-0.25, -0.2) is 9.97 Å². The first kappa shape index (κ1) is 13.6. The number of rotatable bonds is 4. The van der Waals surface area contributed by atoms with Crippen molar-refractivity contribution < 1.29 is 9.47 Å². The summed E-state index contributed by atoms with van der Waals surface area (Å²) in [7, 11) is 0. The fourth-order valence-corrected chi connectivity index (χ4v) is 2.08. The lowest BCUT2D eigenvalue weighted by Gasteiger charge is -2.08. The predicted molar refractivity (Wildman–Crippen MR) is 82.2 cm³/mol. The molecule has 0 spiro atoms. The van der Waals surface area contributed by atoms with Gasteiger partial charge < -0.3 is 9.47 Å². The summed E-state index contributed by atoms with van der Waals surface area (Å²) >= 11 is 6.11. The van der Waals surface area contributed by atoms with E-state index < -0.39 is 0 Å². The van der Waals surface area contributed by atoms with Crippen LogP contribution in [0.5, 0.6) is 17.4 Å². The summed E-state index contributed by atoms with van der Waals surface area (Å²) in [5, 5.41) is 0.239. The Morgan fingerprint density at radius 3 is 2.19 bits per heavy atom. The van der Waals surface area contributed by atoms with Crippen LogP contribution in [0.3, 0.4) is 0 Å². The van der Waals surface area contributed by atoms with E-state index in [1.807, 2.05) is 43.3 Å². The van der Waals surface area contributed by atoms with E-state index in [0.717, 1.165) is 16.8 Å². The second kappa shape index (κ2) is 5.97. The minimum Gasteiger partial charge on any atom is -0.494 e. The standard InChI is InChI=1S/C16H13ClN2O2/c1-2-20-11-7-9-12(10-8-11)21-16-15(17)18-13-5-3-4-6-14(13)19-16/h3-10H,2H2,1H3. The lowest BCUT2D eigenvalue weighted by molar-refractivity contribution is 0.339. The summed E-state index contributed by atoms with van der Waals surface area (Å²) in [4.78, 5) is 8.65. The van der Waals surface area contributed by atoms with E-state index in [0.29, 0.717) is 18.2 Å². The molecular weight excluding hydrogens is 288 g/mol. The second-order valence-electron chi connectivity index (χ2n) is 4.31. The number of fused-ring (bicyclic) bond motifs is 1. The first-order chi connectivity index (χ1) is 10.3. The lowest BCUT2D eigenvalue weighted by atomic mass is 10.3. The number of halogens is 1. The minimum absolute atomic E-state index is 0.239. The van der Waals surface area contributed by atoms with Gasteiger partial charge in [-0.3, -0.25) is 0 Å². The molecule has 106 valence electrons. The van der Waals surface area contributed by atoms with Gasteiger partial charge >= 0.3 is 0 Å². The second-order valence-corrected chi connectivity index (χ2v) is 4.67. The molecule has 0 aliphatic heterocycles. The molecule has 1 heterocycles. The molecule has 0 unspecified atom stereocenters. The number of ether oxygens (including phenoxy) is 2. The average molecular weight is 301 g/mol. The maximum Gasteiger partial charge on any atom is 0.258 e. The van der Waals surface area contributed by atoms with Crippen molar-refractivity contribution in [3.8, 4) is 17.4 Å². The van der Waals surface area contributed by atoms with Gasteiger partial charge in [0, 0.05) is 0 Å². The highest BCUT2D eigenvalue weighted by Gasteiger charge is 2.09. The molecule has 0 saturated heterocycles. The van der Waals surface area contributed by atoms with E-state index in [4.69, 9.17) is 21.1 Å². The molecule has 21 heavy (non-hydrogen) atoms. The third-order valence-corrected chi connectivity index (χ3v) is 3.09. The first-order valence-electron chi connectivity index (χ1n) is 6.59. The van der Waals surface area contributed by atoms with Crippen LogP contribution >= 0.6 is 11.6 Å². The fraction of sp³-hybridized carbons (Fsp3) is 0.125. The summed E-state index contributed by atoms with van der Waals surface area (Å²) in [5.41, 5.74) is 1.48. The first-order valence-corrected chi connectivity index (χ1v) is 6.97. The molecule has 3 aromatic rings. The Morgan fingerprint density at radius 2 is 1.52 bits per heavy atom. The average Bonchev–Trinajstić information content (AvgIpc) is 2.50. The zero-order valence-corrected chi connectivity index (χ0v) is 12.2. The molecule has 0 saturated carbocycles. The Labute approximate surface area is 127 Å².